The summed E-state index contributed by atoms with van der Waals surface area (Å²) in [4.78, 5) is 0. The van der Waals surface area contributed by atoms with Crippen LogP contribution in [-0.4, -0.2) is 30.0 Å². The van der Waals surface area contributed by atoms with E-state index in [1.54, 1.807) is 19.1 Å². The van der Waals surface area contributed by atoms with Crippen LogP contribution < -0.4 is 10.1 Å². The van der Waals surface area contributed by atoms with E-state index in [9.17, 15) is 13.2 Å². The summed E-state index contributed by atoms with van der Waals surface area (Å²) in [6, 6.07) is 3.78. The van der Waals surface area contributed by atoms with Crippen LogP contribution in [0.15, 0.2) is 16.6 Å². The topological polar surface area (TPSA) is 41.5 Å². The molecule has 0 bridgehead atoms. The molecule has 1 atom stereocenters. The lowest BCUT2D eigenvalue weighted by molar-refractivity contribution is -0.210. The maximum atomic E-state index is 12.3. The lowest BCUT2D eigenvalue weighted by Crippen LogP contribution is -2.34. The number of benzene rings is 1. The van der Waals surface area contributed by atoms with Crippen LogP contribution in [-0.2, 0) is 6.54 Å². The van der Waals surface area contributed by atoms with E-state index in [1.807, 2.05) is 13.8 Å². The molecule has 0 saturated carbocycles. The van der Waals surface area contributed by atoms with E-state index in [0.29, 0.717) is 17.9 Å². The molecule has 1 rings (SSSR count). The molecule has 0 aliphatic carbocycles. The Morgan fingerprint density at radius 3 is 2.48 bits per heavy atom. The minimum Gasteiger partial charge on any atom is -0.490 e. The smallest absolute Gasteiger partial charge is 0.417 e. The number of aliphatic hydroxyl groups is 1. The number of nitrogens with one attached hydrogen (secondary N) is 1. The summed E-state index contributed by atoms with van der Waals surface area (Å²) in [5.74, 6) is 0.370. The van der Waals surface area contributed by atoms with Crippen LogP contribution in [0.2, 0.25) is 0 Å². The van der Waals surface area contributed by atoms with Gasteiger partial charge in [0.2, 0.25) is 0 Å². The third-order valence-electron chi connectivity index (χ3n) is 2.78. The molecule has 0 aliphatic rings. The van der Waals surface area contributed by atoms with Crippen molar-refractivity contribution in [1.29, 1.82) is 0 Å². The molecule has 0 radical (unpaired) electrons. The van der Waals surface area contributed by atoms with Crippen molar-refractivity contribution in [2.75, 3.05) is 6.61 Å². The van der Waals surface area contributed by atoms with Gasteiger partial charge in [0.1, 0.15) is 12.4 Å². The van der Waals surface area contributed by atoms with Crippen molar-refractivity contribution in [3.8, 4) is 5.75 Å². The highest BCUT2D eigenvalue weighted by Gasteiger charge is 2.38. The van der Waals surface area contributed by atoms with Gasteiger partial charge in [-0.05, 0) is 24.6 Å². The van der Waals surface area contributed by atoms with Gasteiger partial charge >= 0.3 is 6.18 Å². The maximum absolute atomic E-state index is 12.3. The van der Waals surface area contributed by atoms with Gasteiger partial charge in [0, 0.05) is 22.6 Å². The van der Waals surface area contributed by atoms with Gasteiger partial charge in [-0.15, -0.1) is 0 Å². The van der Waals surface area contributed by atoms with Crippen molar-refractivity contribution < 1.29 is 23.0 Å². The van der Waals surface area contributed by atoms with Crippen molar-refractivity contribution in [3.05, 3.63) is 27.7 Å². The second-order valence-electron chi connectivity index (χ2n) is 5.11. The molecule has 1 aromatic carbocycles. The number of halogens is 4. The van der Waals surface area contributed by atoms with Crippen LogP contribution in [0.1, 0.15) is 25.0 Å². The number of ether oxygens (including phenoxy) is 1. The fourth-order valence-electron chi connectivity index (χ4n) is 1.71. The molecule has 0 aromatic heterocycles. The summed E-state index contributed by atoms with van der Waals surface area (Å²) in [6.45, 7) is 5.34. The molecule has 0 spiro atoms. The molecule has 120 valence electrons. The molecule has 0 fully saturated rings. The zero-order valence-electron chi connectivity index (χ0n) is 12.1. The van der Waals surface area contributed by atoms with Crippen LogP contribution in [0, 0.1) is 6.92 Å². The highest BCUT2D eigenvalue weighted by molar-refractivity contribution is 9.10. The van der Waals surface area contributed by atoms with Gasteiger partial charge in [0.05, 0.1) is 0 Å². The Kier molecular flexibility index (Phi) is 6.49. The number of aliphatic hydroxyl groups excluding tert-OH is 1. The summed E-state index contributed by atoms with van der Waals surface area (Å²) < 4.78 is 43.0. The predicted octanol–water partition coefficient (Wildman–Crippen LogP) is 3.56. The van der Waals surface area contributed by atoms with Gasteiger partial charge in [-0.2, -0.15) is 13.2 Å². The Labute approximate surface area is 130 Å². The van der Waals surface area contributed by atoms with Crippen LogP contribution in [0.3, 0.4) is 0 Å². The molecule has 3 nitrogen and oxygen atoms in total. The monoisotopic (exact) mass is 369 g/mol. The molecule has 7 heteroatoms. The van der Waals surface area contributed by atoms with Gasteiger partial charge in [0.25, 0.3) is 0 Å². The van der Waals surface area contributed by atoms with Gasteiger partial charge in [-0.3, -0.25) is 0 Å². The standard InChI is InChI=1S/C14H19BrF3NO2/c1-8(2)19-6-10-5-11(15)4-9(3)13(10)21-7-12(20)14(16,17)18/h4-5,8,12,19-20H,6-7H2,1-3H3. The average Bonchev–Trinajstić information content (AvgIpc) is 2.33. The molecular weight excluding hydrogens is 351 g/mol. The molecule has 0 heterocycles. The van der Waals surface area contributed by atoms with E-state index < -0.39 is 18.9 Å². The predicted molar refractivity (Wildman–Crippen MR) is 78.4 cm³/mol. The van der Waals surface area contributed by atoms with E-state index >= 15 is 0 Å². The zero-order chi connectivity index (χ0) is 16.2. The zero-order valence-corrected chi connectivity index (χ0v) is 13.7. The van der Waals surface area contributed by atoms with Crippen LogP contribution >= 0.6 is 15.9 Å². The first-order valence-electron chi connectivity index (χ1n) is 6.51. The second kappa shape index (κ2) is 7.47. The largest absolute Gasteiger partial charge is 0.490 e. The fraction of sp³-hybridized carbons (Fsp3) is 0.571. The third-order valence-corrected chi connectivity index (χ3v) is 3.24. The molecule has 0 aliphatic heterocycles. The summed E-state index contributed by atoms with van der Waals surface area (Å²) in [5, 5.41) is 12.2. The second-order valence-corrected chi connectivity index (χ2v) is 6.03. The van der Waals surface area contributed by atoms with Gasteiger partial charge in [-0.1, -0.05) is 29.8 Å². The van der Waals surface area contributed by atoms with Crippen molar-refractivity contribution in [1.82, 2.24) is 5.32 Å². The first-order chi connectivity index (χ1) is 9.61. The SMILES string of the molecule is Cc1cc(Br)cc(CNC(C)C)c1OCC(O)C(F)(F)F. The Hall–Kier alpha value is -0.790. The Morgan fingerprint density at radius 2 is 1.95 bits per heavy atom. The number of aryl methyl sites for hydroxylation is 1. The van der Waals surface area contributed by atoms with Gasteiger partial charge in [0.15, 0.2) is 6.10 Å². The molecule has 0 amide bonds. The number of hydrogen-bond donors (Lipinski definition) is 2. The van der Waals surface area contributed by atoms with Crippen molar-refractivity contribution >= 4 is 15.9 Å². The quantitative estimate of drug-likeness (QED) is 0.805. The molecule has 2 N–H and O–H groups in total. The highest BCUT2D eigenvalue weighted by Crippen LogP contribution is 2.29. The molecule has 1 unspecified atom stereocenters. The van der Waals surface area contributed by atoms with Gasteiger partial charge < -0.3 is 15.2 Å². The third kappa shape index (κ3) is 5.84. The molecule has 0 saturated heterocycles. The number of alkyl halides is 3. The minimum atomic E-state index is -4.68. The maximum Gasteiger partial charge on any atom is 0.417 e. The van der Waals surface area contributed by atoms with E-state index in [4.69, 9.17) is 9.84 Å². The normalized spacial score (nSPS) is 13.6. The Balaban J connectivity index is 2.89. The average molecular weight is 370 g/mol. The number of hydrogen-bond acceptors (Lipinski definition) is 3. The highest BCUT2D eigenvalue weighted by atomic mass is 79.9. The van der Waals surface area contributed by atoms with E-state index in [1.165, 1.54) is 0 Å². The Bertz CT molecular complexity index is 478. The molecule has 1 aromatic rings. The van der Waals surface area contributed by atoms with Gasteiger partial charge in [-0.25, -0.2) is 0 Å². The first kappa shape index (κ1) is 18.3. The fourth-order valence-corrected chi connectivity index (χ4v) is 2.33. The summed E-state index contributed by atoms with van der Waals surface area (Å²) in [5.41, 5.74) is 1.45. The summed E-state index contributed by atoms with van der Waals surface area (Å²) in [6.07, 6.45) is -7.17. The molecule has 21 heavy (non-hydrogen) atoms. The van der Waals surface area contributed by atoms with Crippen LogP contribution in [0.25, 0.3) is 0 Å². The lowest BCUT2D eigenvalue weighted by atomic mass is 10.1. The van der Waals surface area contributed by atoms with E-state index in [0.717, 1.165) is 10.0 Å². The van der Waals surface area contributed by atoms with Crippen LogP contribution in [0.4, 0.5) is 13.2 Å². The van der Waals surface area contributed by atoms with Crippen molar-refractivity contribution in [2.45, 2.75) is 45.6 Å². The van der Waals surface area contributed by atoms with Crippen molar-refractivity contribution in [2.24, 2.45) is 0 Å². The van der Waals surface area contributed by atoms with E-state index in [-0.39, 0.29) is 6.04 Å². The lowest BCUT2D eigenvalue weighted by Gasteiger charge is -2.19. The summed E-state index contributed by atoms with van der Waals surface area (Å²) in [7, 11) is 0. The minimum absolute atomic E-state index is 0.234. The summed E-state index contributed by atoms with van der Waals surface area (Å²) >= 11 is 3.35. The van der Waals surface area contributed by atoms with Crippen LogP contribution in [0.5, 0.6) is 5.75 Å². The van der Waals surface area contributed by atoms with Crippen molar-refractivity contribution in [3.63, 3.8) is 0 Å². The molecular formula is C14H19BrF3NO2. The first-order valence-corrected chi connectivity index (χ1v) is 7.30. The van der Waals surface area contributed by atoms with E-state index in [2.05, 4.69) is 21.2 Å². The number of rotatable bonds is 6. The Morgan fingerprint density at radius 1 is 1.33 bits per heavy atom.